The molecule has 0 bridgehead atoms. The highest BCUT2D eigenvalue weighted by atomic mass is 16.3. The number of Topliss-reactive ketones (excluding diaryl/α,β-unsaturated/α-hetero) is 1. The van der Waals surface area contributed by atoms with E-state index in [2.05, 4.69) is 0 Å². The lowest BCUT2D eigenvalue weighted by atomic mass is 9.85. The quantitative estimate of drug-likeness (QED) is 0.610. The Labute approximate surface area is 74.0 Å². The van der Waals surface area contributed by atoms with E-state index in [9.17, 15) is 9.90 Å². The monoisotopic (exact) mass is 170 g/mol. The Bertz CT molecular complexity index is 167. The van der Waals surface area contributed by atoms with Gasteiger partial charge in [0.1, 0.15) is 5.78 Å². The second-order valence-electron chi connectivity index (χ2n) is 4.32. The Morgan fingerprint density at radius 1 is 1.33 bits per heavy atom. The molecule has 1 saturated carbocycles. The van der Waals surface area contributed by atoms with Crippen LogP contribution in [-0.2, 0) is 4.79 Å². The molecular weight excluding hydrogens is 152 g/mol. The van der Waals surface area contributed by atoms with Gasteiger partial charge in [-0.05, 0) is 39.0 Å². The summed E-state index contributed by atoms with van der Waals surface area (Å²) in [6.45, 7) is 3.68. The molecule has 0 amide bonds. The molecule has 0 aromatic carbocycles. The fourth-order valence-corrected chi connectivity index (χ4v) is 1.86. The van der Waals surface area contributed by atoms with E-state index < -0.39 is 5.60 Å². The molecule has 1 fully saturated rings. The van der Waals surface area contributed by atoms with Crippen molar-refractivity contribution in [1.29, 1.82) is 0 Å². The molecule has 1 unspecified atom stereocenters. The van der Waals surface area contributed by atoms with Crippen LogP contribution in [0.25, 0.3) is 0 Å². The SMILES string of the molecule is CC(C)(O)C1CCCC(=O)CC1. The van der Waals surface area contributed by atoms with Gasteiger partial charge in [0.05, 0.1) is 5.60 Å². The maximum absolute atomic E-state index is 11.1. The van der Waals surface area contributed by atoms with Crippen LogP contribution in [0.3, 0.4) is 0 Å². The van der Waals surface area contributed by atoms with Gasteiger partial charge in [0, 0.05) is 12.8 Å². The summed E-state index contributed by atoms with van der Waals surface area (Å²) in [4.78, 5) is 11.1. The highest BCUT2D eigenvalue weighted by Gasteiger charge is 2.28. The fourth-order valence-electron chi connectivity index (χ4n) is 1.86. The molecule has 70 valence electrons. The van der Waals surface area contributed by atoms with Crippen molar-refractivity contribution in [1.82, 2.24) is 0 Å². The third-order valence-electron chi connectivity index (χ3n) is 2.78. The summed E-state index contributed by atoms with van der Waals surface area (Å²) in [7, 11) is 0. The first kappa shape index (κ1) is 9.72. The van der Waals surface area contributed by atoms with Gasteiger partial charge in [-0.2, -0.15) is 0 Å². The molecule has 2 nitrogen and oxygen atoms in total. The van der Waals surface area contributed by atoms with Crippen molar-refractivity contribution < 1.29 is 9.90 Å². The summed E-state index contributed by atoms with van der Waals surface area (Å²) in [6.07, 6.45) is 4.19. The minimum absolute atomic E-state index is 0.309. The molecule has 12 heavy (non-hydrogen) atoms. The van der Waals surface area contributed by atoms with Crippen LogP contribution in [0.1, 0.15) is 46.0 Å². The Hall–Kier alpha value is -0.370. The number of hydrogen-bond donors (Lipinski definition) is 1. The van der Waals surface area contributed by atoms with Gasteiger partial charge in [-0.3, -0.25) is 4.79 Å². The number of rotatable bonds is 1. The molecule has 2 heteroatoms. The van der Waals surface area contributed by atoms with Gasteiger partial charge in [-0.15, -0.1) is 0 Å². The molecule has 1 atom stereocenters. The van der Waals surface area contributed by atoms with Crippen LogP contribution in [0, 0.1) is 5.92 Å². The first-order chi connectivity index (χ1) is 5.50. The smallest absolute Gasteiger partial charge is 0.132 e. The topological polar surface area (TPSA) is 37.3 Å². The first-order valence-corrected chi connectivity index (χ1v) is 4.74. The van der Waals surface area contributed by atoms with Crippen LogP contribution in [0.5, 0.6) is 0 Å². The Morgan fingerprint density at radius 3 is 2.58 bits per heavy atom. The normalized spacial score (nSPS) is 26.9. The average Bonchev–Trinajstić information content (AvgIpc) is 2.11. The molecule has 0 spiro atoms. The van der Waals surface area contributed by atoms with Crippen LogP contribution >= 0.6 is 0 Å². The van der Waals surface area contributed by atoms with Crippen LogP contribution in [-0.4, -0.2) is 16.5 Å². The molecule has 1 aliphatic carbocycles. The van der Waals surface area contributed by atoms with Gasteiger partial charge in [0.15, 0.2) is 0 Å². The minimum atomic E-state index is -0.607. The molecule has 0 aliphatic heterocycles. The second-order valence-corrected chi connectivity index (χ2v) is 4.32. The van der Waals surface area contributed by atoms with E-state index >= 15 is 0 Å². The van der Waals surface area contributed by atoms with Gasteiger partial charge in [0.25, 0.3) is 0 Å². The number of carbonyl (C=O) groups excluding carboxylic acids is 1. The number of carbonyl (C=O) groups is 1. The third-order valence-corrected chi connectivity index (χ3v) is 2.78. The van der Waals surface area contributed by atoms with Gasteiger partial charge in [-0.25, -0.2) is 0 Å². The minimum Gasteiger partial charge on any atom is -0.390 e. The maximum Gasteiger partial charge on any atom is 0.132 e. The standard InChI is InChI=1S/C10H18O2/c1-10(2,12)8-4-3-5-9(11)7-6-8/h8,12H,3-7H2,1-2H3. The predicted molar refractivity (Wildman–Crippen MR) is 47.9 cm³/mol. The summed E-state index contributed by atoms with van der Waals surface area (Å²) in [6, 6.07) is 0. The van der Waals surface area contributed by atoms with Gasteiger partial charge in [-0.1, -0.05) is 0 Å². The van der Waals surface area contributed by atoms with Crippen LogP contribution in [0.2, 0.25) is 0 Å². The zero-order valence-electron chi connectivity index (χ0n) is 7.97. The zero-order chi connectivity index (χ0) is 9.19. The van der Waals surface area contributed by atoms with Crippen molar-refractivity contribution in [3.8, 4) is 0 Å². The Kier molecular flexibility index (Phi) is 2.89. The summed E-state index contributed by atoms with van der Waals surface area (Å²) in [5.74, 6) is 0.672. The highest BCUT2D eigenvalue weighted by molar-refractivity contribution is 5.78. The molecule has 0 aromatic rings. The largest absolute Gasteiger partial charge is 0.390 e. The first-order valence-electron chi connectivity index (χ1n) is 4.74. The van der Waals surface area contributed by atoms with E-state index in [0.717, 1.165) is 19.3 Å². The lowest BCUT2D eigenvalue weighted by Crippen LogP contribution is -2.30. The van der Waals surface area contributed by atoms with Gasteiger partial charge < -0.3 is 5.11 Å². The second kappa shape index (κ2) is 3.56. The number of ketones is 1. The molecule has 0 heterocycles. The van der Waals surface area contributed by atoms with Gasteiger partial charge >= 0.3 is 0 Å². The Morgan fingerprint density at radius 2 is 2.00 bits per heavy atom. The number of aliphatic hydroxyl groups is 1. The lowest BCUT2D eigenvalue weighted by molar-refractivity contribution is -0.119. The molecule has 0 saturated heterocycles. The van der Waals surface area contributed by atoms with Crippen molar-refractivity contribution in [2.45, 2.75) is 51.6 Å². The van der Waals surface area contributed by atoms with E-state index in [0.29, 0.717) is 24.5 Å². The highest BCUT2D eigenvalue weighted by Crippen LogP contribution is 2.29. The summed E-state index contributed by atoms with van der Waals surface area (Å²) in [5.41, 5.74) is -0.607. The summed E-state index contributed by atoms with van der Waals surface area (Å²) < 4.78 is 0. The van der Waals surface area contributed by atoms with Gasteiger partial charge in [0.2, 0.25) is 0 Å². The third kappa shape index (κ3) is 2.59. The van der Waals surface area contributed by atoms with Crippen molar-refractivity contribution >= 4 is 5.78 Å². The molecule has 0 radical (unpaired) electrons. The molecule has 0 aromatic heterocycles. The van der Waals surface area contributed by atoms with Crippen molar-refractivity contribution in [3.63, 3.8) is 0 Å². The van der Waals surface area contributed by atoms with E-state index in [1.165, 1.54) is 0 Å². The van der Waals surface area contributed by atoms with Crippen LogP contribution < -0.4 is 0 Å². The van der Waals surface area contributed by atoms with E-state index in [4.69, 9.17) is 0 Å². The fraction of sp³-hybridized carbons (Fsp3) is 0.900. The summed E-state index contributed by atoms with van der Waals surface area (Å²) in [5, 5.41) is 9.74. The lowest BCUT2D eigenvalue weighted by Gasteiger charge is -2.27. The van der Waals surface area contributed by atoms with Crippen LogP contribution in [0.4, 0.5) is 0 Å². The predicted octanol–water partition coefficient (Wildman–Crippen LogP) is 1.91. The molecule has 1 rings (SSSR count). The van der Waals surface area contributed by atoms with E-state index in [-0.39, 0.29) is 0 Å². The molecule has 1 aliphatic rings. The van der Waals surface area contributed by atoms with E-state index in [1.54, 1.807) is 0 Å². The number of hydrogen-bond acceptors (Lipinski definition) is 2. The molecule has 1 N–H and O–H groups in total. The van der Waals surface area contributed by atoms with Crippen LogP contribution in [0.15, 0.2) is 0 Å². The van der Waals surface area contributed by atoms with Crippen molar-refractivity contribution in [2.75, 3.05) is 0 Å². The average molecular weight is 170 g/mol. The van der Waals surface area contributed by atoms with E-state index in [1.807, 2.05) is 13.8 Å². The molecular formula is C10H18O2. The Balaban J connectivity index is 2.52. The zero-order valence-corrected chi connectivity index (χ0v) is 7.97. The van der Waals surface area contributed by atoms with Crippen molar-refractivity contribution in [3.05, 3.63) is 0 Å². The maximum atomic E-state index is 11.1. The van der Waals surface area contributed by atoms with Crippen molar-refractivity contribution in [2.24, 2.45) is 5.92 Å². The summed E-state index contributed by atoms with van der Waals surface area (Å²) >= 11 is 0.